The highest BCUT2D eigenvalue weighted by Gasteiger charge is 2.03. The van der Waals surface area contributed by atoms with E-state index in [1.54, 1.807) is 38.4 Å². The first kappa shape index (κ1) is 13.6. The van der Waals surface area contributed by atoms with Gasteiger partial charge in [0.1, 0.15) is 12.4 Å². The monoisotopic (exact) mass is 252 g/mol. The summed E-state index contributed by atoms with van der Waals surface area (Å²) in [6.45, 7) is -0.0000957. The predicted octanol–water partition coefficient (Wildman–Crippen LogP) is 0.905. The van der Waals surface area contributed by atoms with Crippen molar-refractivity contribution in [1.82, 2.24) is 4.90 Å². The number of nitrogens with one attached hydrogen (secondary N) is 1. The Labute approximate surface area is 105 Å². The molecular weight excluding hydrogens is 236 g/mol. The highest BCUT2D eigenvalue weighted by Crippen LogP contribution is 2.15. The summed E-state index contributed by atoms with van der Waals surface area (Å²) in [6.07, 6.45) is 0. The van der Waals surface area contributed by atoms with Crippen LogP contribution in [-0.4, -0.2) is 42.7 Å². The Balaban J connectivity index is 2.55. The van der Waals surface area contributed by atoms with Crippen LogP contribution in [0.4, 0.5) is 10.5 Å². The molecule has 4 N–H and O–H groups in total. The number of hydrogen-bond donors (Lipinski definition) is 3. The molecule has 0 radical (unpaired) electrons. The molecule has 0 saturated heterocycles. The minimum Gasteiger partial charge on any atom is -0.486 e. The number of urea groups is 1. The van der Waals surface area contributed by atoms with Crippen LogP contribution in [0.2, 0.25) is 0 Å². The van der Waals surface area contributed by atoms with Crippen molar-refractivity contribution < 1.29 is 14.7 Å². The van der Waals surface area contributed by atoms with Crippen molar-refractivity contribution in [3.05, 3.63) is 24.3 Å². The van der Waals surface area contributed by atoms with Crippen molar-refractivity contribution in [2.24, 2.45) is 10.9 Å². The van der Waals surface area contributed by atoms with Crippen LogP contribution in [0, 0.1) is 0 Å². The van der Waals surface area contributed by atoms with Crippen LogP contribution < -0.4 is 15.8 Å². The molecule has 0 heterocycles. The van der Waals surface area contributed by atoms with Gasteiger partial charge in [-0.15, -0.1) is 0 Å². The van der Waals surface area contributed by atoms with E-state index in [0.717, 1.165) is 0 Å². The molecule has 7 nitrogen and oxygen atoms in total. The van der Waals surface area contributed by atoms with Gasteiger partial charge >= 0.3 is 6.03 Å². The molecule has 0 saturated carbocycles. The topological polar surface area (TPSA) is 100 Å². The first-order valence-corrected chi connectivity index (χ1v) is 5.20. The van der Waals surface area contributed by atoms with Gasteiger partial charge in [-0.05, 0) is 24.3 Å². The molecular formula is C11H16N4O3. The average Bonchev–Trinajstić information content (AvgIpc) is 2.37. The number of hydrogen-bond acceptors (Lipinski definition) is 4. The van der Waals surface area contributed by atoms with E-state index in [4.69, 9.17) is 15.7 Å². The van der Waals surface area contributed by atoms with E-state index in [-0.39, 0.29) is 18.5 Å². The lowest BCUT2D eigenvalue weighted by Crippen LogP contribution is -2.27. The van der Waals surface area contributed by atoms with Gasteiger partial charge in [-0.25, -0.2) is 4.79 Å². The highest BCUT2D eigenvalue weighted by molar-refractivity contribution is 5.88. The van der Waals surface area contributed by atoms with Crippen LogP contribution in [0.5, 0.6) is 5.75 Å². The average molecular weight is 252 g/mol. The van der Waals surface area contributed by atoms with Gasteiger partial charge in [-0.3, -0.25) is 0 Å². The quantitative estimate of drug-likeness (QED) is 0.321. The fourth-order valence-electron chi connectivity index (χ4n) is 1.06. The lowest BCUT2D eigenvalue weighted by atomic mass is 10.3. The first-order valence-electron chi connectivity index (χ1n) is 5.20. The number of amides is 2. The van der Waals surface area contributed by atoms with E-state index >= 15 is 0 Å². The van der Waals surface area contributed by atoms with Crippen molar-refractivity contribution in [3.63, 3.8) is 0 Å². The maximum absolute atomic E-state index is 11.4. The second kappa shape index (κ2) is 6.33. The van der Waals surface area contributed by atoms with Crippen molar-refractivity contribution >= 4 is 17.6 Å². The molecule has 1 aromatic carbocycles. The van der Waals surface area contributed by atoms with Gasteiger partial charge in [0.05, 0.1) is 0 Å². The minimum atomic E-state index is -0.208. The molecule has 0 aliphatic rings. The zero-order valence-electron chi connectivity index (χ0n) is 10.3. The number of ether oxygens (including phenoxy) is 1. The maximum atomic E-state index is 11.4. The first-order chi connectivity index (χ1) is 8.52. The van der Waals surface area contributed by atoms with Crippen LogP contribution in [0.15, 0.2) is 29.4 Å². The predicted molar refractivity (Wildman–Crippen MR) is 68.1 cm³/mol. The highest BCUT2D eigenvalue weighted by atomic mass is 16.5. The second-order valence-corrected chi connectivity index (χ2v) is 3.73. The number of amidine groups is 1. The molecule has 0 aliphatic heterocycles. The molecule has 7 heteroatoms. The molecule has 0 aromatic heterocycles. The molecule has 0 unspecified atom stereocenters. The summed E-state index contributed by atoms with van der Waals surface area (Å²) < 4.78 is 5.23. The molecule has 98 valence electrons. The van der Waals surface area contributed by atoms with Crippen molar-refractivity contribution in [1.29, 1.82) is 0 Å². The number of oxime groups is 1. The van der Waals surface area contributed by atoms with Gasteiger partial charge in [0.25, 0.3) is 0 Å². The Morgan fingerprint density at radius 1 is 1.44 bits per heavy atom. The second-order valence-electron chi connectivity index (χ2n) is 3.73. The summed E-state index contributed by atoms with van der Waals surface area (Å²) in [5.41, 5.74) is 5.92. The van der Waals surface area contributed by atoms with Crippen LogP contribution in [0.1, 0.15) is 0 Å². The van der Waals surface area contributed by atoms with Crippen molar-refractivity contribution in [2.75, 3.05) is 26.0 Å². The maximum Gasteiger partial charge on any atom is 0.321 e. The third-order valence-corrected chi connectivity index (χ3v) is 2.03. The Morgan fingerprint density at radius 3 is 2.56 bits per heavy atom. The van der Waals surface area contributed by atoms with Gasteiger partial charge in [-0.2, -0.15) is 0 Å². The lowest BCUT2D eigenvalue weighted by Gasteiger charge is -2.12. The molecule has 0 aliphatic carbocycles. The van der Waals surface area contributed by atoms with Gasteiger partial charge in [0, 0.05) is 19.8 Å². The van der Waals surface area contributed by atoms with E-state index in [1.807, 2.05) is 0 Å². The lowest BCUT2D eigenvalue weighted by molar-refractivity contribution is 0.230. The van der Waals surface area contributed by atoms with Crippen LogP contribution >= 0.6 is 0 Å². The summed E-state index contributed by atoms with van der Waals surface area (Å²) in [5, 5.41) is 13.8. The molecule has 0 spiro atoms. The van der Waals surface area contributed by atoms with Crippen LogP contribution in [0.25, 0.3) is 0 Å². The molecule has 0 atom stereocenters. The molecule has 0 bridgehead atoms. The molecule has 18 heavy (non-hydrogen) atoms. The molecule has 0 fully saturated rings. The Morgan fingerprint density at radius 2 is 2.06 bits per heavy atom. The zero-order valence-corrected chi connectivity index (χ0v) is 10.3. The smallest absolute Gasteiger partial charge is 0.321 e. The summed E-state index contributed by atoms with van der Waals surface area (Å²) in [5.74, 6) is 0.546. The van der Waals surface area contributed by atoms with Crippen LogP contribution in [-0.2, 0) is 0 Å². The summed E-state index contributed by atoms with van der Waals surface area (Å²) in [7, 11) is 3.31. The Kier molecular flexibility index (Phi) is 4.79. The molecule has 2 amide bonds. The zero-order chi connectivity index (χ0) is 13.5. The third-order valence-electron chi connectivity index (χ3n) is 2.03. The Bertz CT molecular complexity index is 428. The normalized spacial score (nSPS) is 10.9. The van der Waals surface area contributed by atoms with Crippen molar-refractivity contribution in [3.8, 4) is 5.75 Å². The number of nitrogens with two attached hydrogens (primary N) is 1. The number of rotatable bonds is 4. The van der Waals surface area contributed by atoms with Crippen molar-refractivity contribution in [2.45, 2.75) is 0 Å². The number of carbonyl (C=O) groups is 1. The number of anilines is 1. The molecule has 1 aromatic rings. The van der Waals surface area contributed by atoms with Gasteiger partial charge in [0.15, 0.2) is 5.84 Å². The standard InChI is InChI=1S/C11H16N4O3/c1-15(2)11(16)13-8-3-5-9(6-4-8)18-7-10(12)14-17/h3-6,17H,7H2,1-2H3,(H2,12,14)(H,13,16). The summed E-state index contributed by atoms with van der Waals surface area (Å²) >= 11 is 0. The van der Waals surface area contributed by atoms with Gasteiger partial charge in [-0.1, -0.05) is 5.16 Å². The Hall–Kier alpha value is -2.44. The van der Waals surface area contributed by atoms with E-state index in [1.165, 1.54) is 4.90 Å². The van der Waals surface area contributed by atoms with E-state index < -0.39 is 0 Å². The SMILES string of the molecule is CN(C)C(=O)Nc1ccc(OCC(N)=NO)cc1. The fraction of sp³-hybridized carbons (Fsp3) is 0.273. The minimum absolute atomic E-state index is 0.0000957. The largest absolute Gasteiger partial charge is 0.486 e. The van der Waals surface area contributed by atoms with E-state index in [0.29, 0.717) is 11.4 Å². The van der Waals surface area contributed by atoms with Gasteiger partial charge in [0.2, 0.25) is 0 Å². The van der Waals surface area contributed by atoms with Crippen LogP contribution in [0.3, 0.4) is 0 Å². The number of carbonyl (C=O) groups excluding carboxylic acids is 1. The van der Waals surface area contributed by atoms with Gasteiger partial charge < -0.3 is 25.9 Å². The molecule has 1 rings (SSSR count). The fourth-order valence-corrected chi connectivity index (χ4v) is 1.06. The number of benzene rings is 1. The van der Waals surface area contributed by atoms with E-state index in [9.17, 15) is 4.79 Å². The summed E-state index contributed by atoms with van der Waals surface area (Å²) in [4.78, 5) is 12.8. The van der Waals surface area contributed by atoms with E-state index in [2.05, 4.69) is 10.5 Å². The number of nitrogens with zero attached hydrogens (tertiary/aromatic N) is 2. The third kappa shape index (κ3) is 4.20. The summed E-state index contributed by atoms with van der Waals surface area (Å²) in [6, 6.07) is 6.54.